The largest absolute Gasteiger partial charge is 0.482 e. The predicted molar refractivity (Wildman–Crippen MR) is 102 cm³/mol. The van der Waals surface area contributed by atoms with Gasteiger partial charge in [0.05, 0.1) is 12.2 Å². The number of benzene rings is 2. The van der Waals surface area contributed by atoms with E-state index in [0.717, 1.165) is 11.1 Å². The zero-order chi connectivity index (χ0) is 19.8. The van der Waals surface area contributed by atoms with Gasteiger partial charge in [-0.2, -0.15) is 0 Å². The van der Waals surface area contributed by atoms with Crippen molar-refractivity contribution in [2.75, 3.05) is 7.11 Å². The minimum Gasteiger partial charge on any atom is -0.482 e. The predicted octanol–water partition coefficient (Wildman–Crippen LogP) is 3.72. The van der Waals surface area contributed by atoms with Crippen LogP contribution in [0.2, 0.25) is 0 Å². The Morgan fingerprint density at radius 1 is 0.929 bits per heavy atom. The van der Waals surface area contributed by atoms with E-state index in [2.05, 4.69) is 0 Å². The van der Waals surface area contributed by atoms with Crippen LogP contribution in [0.4, 0.5) is 0 Å². The summed E-state index contributed by atoms with van der Waals surface area (Å²) in [7, 11) is 1.58. The molecule has 0 radical (unpaired) electrons. The molecule has 6 nitrogen and oxygen atoms in total. The van der Waals surface area contributed by atoms with Crippen molar-refractivity contribution in [2.45, 2.75) is 19.8 Å². The molecule has 1 aromatic heterocycles. The molecule has 1 heterocycles. The molecule has 0 saturated heterocycles. The van der Waals surface area contributed by atoms with E-state index >= 15 is 0 Å². The fraction of sp³-hybridized carbons (Fsp3) is 0.182. The average molecular weight is 380 g/mol. The zero-order valence-electron chi connectivity index (χ0n) is 15.4. The lowest BCUT2D eigenvalue weighted by Crippen LogP contribution is -2.10. The van der Waals surface area contributed by atoms with Crippen LogP contribution < -0.4 is 10.2 Å². The van der Waals surface area contributed by atoms with Gasteiger partial charge in [0.1, 0.15) is 25.2 Å². The highest BCUT2D eigenvalue weighted by atomic mass is 16.5. The van der Waals surface area contributed by atoms with Crippen molar-refractivity contribution in [1.29, 1.82) is 0 Å². The molecule has 28 heavy (non-hydrogen) atoms. The topological polar surface area (TPSA) is 75.0 Å². The molecular weight excluding hydrogens is 360 g/mol. The number of ether oxygens (including phenoxy) is 3. The first-order chi connectivity index (χ1) is 13.7. The molecule has 144 valence electrons. The lowest BCUT2D eigenvalue weighted by Gasteiger charge is -2.07. The van der Waals surface area contributed by atoms with Crippen LogP contribution in [0.3, 0.4) is 0 Å². The van der Waals surface area contributed by atoms with Crippen molar-refractivity contribution >= 4 is 5.97 Å². The Bertz CT molecular complexity index is 978. The Balaban J connectivity index is 1.57. The van der Waals surface area contributed by atoms with Crippen LogP contribution in [-0.2, 0) is 29.3 Å². The minimum atomic E-state index is -0.509. The average Bonchev–Trinajstić information content (AvgIpc) is 2.72. The second kappa shape index (κ2) is 9.53. The molecule has 0 spiro atoms. The molecule has 2 aromatic carbocycles. The summed E-state index contributed by atoms with van der Waals surface area (Å²) >= 11 is 0. The van der Waals surface area contributed by atoms with Gasteiger partial charge in [-0.15, -0.1) is 0 Å². The Kier molecular flexibility index (Phi) is 6.59. The third-order valence-corrected chi connectivity index (χ3v) is 3.91. The van der Waals surface area contributed by atoms with E-state index in [4.69, 9.17) is 18.6 Å². The van der Waals surface area contributed by atoms with Crippen LogP contribution in [0.1, 0.15) is 27.2 Å². The normalized spacial score (nSPS) is 10.5. The summed E-state index contributed by atoms with van der Waals surface area (Å²) < 4.78 is 21.1. The summed E-state index contributed by atoms with van der Waals surface area (Å²) in [4.78, 5) is 24.3. The molecule has 0 saturated carbocycles. The first-order valence-corrected chi connectivity index (χ1v) is 8.69. The van der Waals surface area contributed by atoms with Gasteiger partial charge in [-0.25, -0.2) is 4.79 Å². The van der Waals surface area contributed by atoms with E-state index in [9.17, 15) is 9.59 Å². The molecule has 0 aliphatic heterocycles. The van der Waals surface area contributed by atoms with Gasteiger partial charge in [0.25, 0.3) is 0 Å². The van der Waals surface area contributed by atoms with Crippen LogP contribution in [-0.4, -0.2) is 13.1 Å². The maximum atomic E-state index is 12.2. The molecule has 0 bridgehead atoms. The van der Waals surface area contributed by atoms with Gasteiger partial charge >= 0.3 is 5.97 Å². The summed E-state index contributed by atoms with van der Waals surface area (Å²) in [6, 6.07) is 17.7. The molecular formula is C22H20O6. The highest BCUT2D eigenvalue weighted by molar-refractivity contribution is 5.89. The number of hydrogen-bond acceptors (Lipinski definition) is 6. The summed E-state index contributed by atoms with van der Waals surface area (Å²) in [6.45, 7) is 0.514. The number of methoxy groups -OCH3 is 1. The van der Waals surface area contributed by atoms with Crippen molar-refractivity contribution in [3.8, 4) is 5.75 Å². The first kappa shape index (κ1) is 19.4. The van der Waals surface area contributed by atoms with Gasteiger partial charge < -0.3 is 18.6 Å². The molecule has 0 aliphatic carbocycles. The number of carbonyl (C=O) groups is 1. The van der Waals surface area contributed by atoms with E-state index in [1.165, 1.54) is 12.3 Å². The molecule has 0 amide bonds. The quantitative estimate of drug-likeness (QED) is 0.555. The first-order valence-electron chi connectivity index (χ1n) is 8.69. The van der Waals surface area contributed by atoms with Crippen molar-refractivity contribution in [3.63, 3.8) is 0 Å². The van der Waals surface area contributed by atoms with Gasteiger partial charge in [-0.3, -0.25) is 4.79 Å². The molecule has 3 rings (SSSR count). The lowest BCUT2D eigenvalue weighted by atomic mass is 10.1. The third kappa shape index (κ3) is 5.31. The smallest absolute Gasteiger partial charge is 0.338 e. The third-order valence-electron chi connectivity index (χ3n) is 3.91. The minimum absolute atomic E-state index is 0.103. The maximum Gasteiger partial charge on any atom is 0.338 e. The van der Waals surface area contributed by atoms with Crippen LogP contribution in [0, 0.1) is 0 Å². The van der Waals surface area contributed by atoms with Crippen molar-refractivity contribution in [1.82, 2.24) is 0 Å². The molecule has 0 fully saturated rings. The Labute approximate surface area is 162 Å². The molecule has 0 atom stereocenters. The Morgan fingerprint density at radius 2 is 1.71 bits per heavy atom. The number of carbonyl (C=O) groups excluding carboxylic acids is 1. The second-order valence-electron chi connectivity index (χ2n) is 6.06. The molecule has 0 N–H and O–H groups in total. The van der Waals surface area contributed by atoms with Gasteiger partial charge in [0, 0.05) is 13.2 Å². The summed E-state index contributed by atoms with van der Waals surface area (Å²) in [5.74, 6) is -0.172. The molecule has 6 heteroatoms. The highest BCUT2D eigenvalue weighted by Gasteiger charge is 2.11. The zero-order valence-corrected chi connectivity index (χ0v) is 15.4. The SMILES string of the molecule is COCc1cccc(C(=O)OCc2cc(=O)c(OCc3ccccc3)co2)c1. The van der Waals surface area contributed by atoms with Crippen LogP contribution in [0.15, 0.2) is 76.1 Å². The summed E-state index contributed by atoms with van der Waals surface area (Å²) in [5, 5.41) is 0. The highest BCUT2D eigenvalue weighted by Crippen LogP contribution is 2.12. The standard InChI is InChI=1S/C22H20O6/c1-25-12-17-8-5-9-18(10-17)22(24)28-14-19-11-20(23)21(15-26-19)27-13-16-6-3-2-4-7-16/h2-11,15H,12-14H2,1H3. The van der Waals surface area contributed by atoms with E-state index in [1.807, 2.05) is 36.4 Å². The summed E-state index contributed by atoms with van der Waals surface area (Å²) in [5.41, 5.74) is 1.87. The van der Waals surface area contributed by atoms with E-state index in [0.29, 0.717) is 12.2 Å². The Morgan fingerprint density at radius 3 is 2.46 bits per heavy atom. The van der Waals surface area contributed by atoms with Gasteiger partial charge in [0.2, 0.25) is 11.2 Å². The van der Waals surface area contributed by atoms with Crippen molar-refractivity contribution < 1.29 is 23.4 Å². The molecule has 3 aromatic rings. The van der Waals surface area contributed by atoms with Crippen LogP contribution in [0.25, 0.3) is 0 Å². The Hall–Kier alpha value is -3.38. The van der Waals surface area contributed by atoms with Crippen molar-refractivity contribution in [3.05, 3.63) is 99.6 Å². The molecule has 0 aliphatic rings. The van der Waals surface area contributed by atoms with Crippen molar-refractivity contribution in [2.24, 2.45) is 0 Å². The van der Waals surface area contributed by atoms with Crippen LogP contribution >= 0.6 is 0 Å². The van der Waals surface area contributed by atoms with Gasteiger partial charge in [-0.05, 0) is 23.3 Å². The molecule has 0 unspecified atom stereocenters. The summed E-state index contributed by atoms with van der Waals surface area (Å²) in [6.07, 6.45) is 1.23. The van der Waals surface area contributed by atoms with Crippen LogP contribution in [0.5, 0.6) is 5.75 Å². The number of rotatable bonds is 8. The van der Waals surface area contributed by atoms with Gasteiger partial charge in [-0.1, -0.05) is 42.5 Å². The lowest BCUT2D eigenvalue weighted by molar-refractivity contribution is 0.0442. The fourth-order valence-corrected chi connectivity index (χ4v) is 2.53. The van der Waals surface area contributed by atoms with E-state index in [1.54, 1.807) is 25.3 Å². The fourth-order valence-electron chi connectivity index (χ4n) is 2.53. The second-order valence-corrected chi connectivity index (χ2v) is 6.06. The number of hydrogen-bond donors (Lipinski definition) is 0. The maximum absolute atomic E-state index is 12.2. The van der Waals surface area contributed by atoms with E-state index in [-0.39, 0.29) is 30.2 Å². The number of esters is 1. The van der Waals surface area contributed by atoms with Gasteiger partial charge in [0.15, 0.2) is 0 Å². The van der Waals surface area contributed by atoms with E-state index < -0.39 is 5.97 Å². The monoisotopic (exact) mass is 380 g/mol.